The summed E-state index contributed by atoms with van der Waals surface area (Å²) in [7, 11) is 0. The molecule has 0 saturated heterocycles. The van der Waals surface area contributed by atoms with Crippen molar-refractivity contribution in [2.75, 3.05) is 13.1 Å². The van der Waals surface area contributed by atoms with E-state index in [1.54, 1.807) is 0 Å². The molecule has 1 N–H and O–H groups in total. The van der Waals surface area contributed by atoms with E-state index < -0.39 is 11.2 Å². The van der Waals surface area contributed by atoms with E-state index in [4.69, 9.17) is 0 Å². The summed E-state index contributed by atoms with van der Waals surface area (Å²) < 4.78 is 36.7. The summed E-state index contributed by atoms with van der Waals surface area (Å²) in [6.45, 7) is 3.87. The molecule has 1 heterocycles. The highest BCUT2D eigenvalue weighted by Crippen LogP contribution is 2.32. The molecule has 0 aromatic carbocycles. The lowest BCUT2D eigenvalue weighted by Gasteiger charge is -2.01. The molecule has 92 valence electrons. The third-order valence-corrected chi connectivity index (χ3v) is 3.10. The number of alkyl halides is 3. The quantitative estimate of drug-likeness (QED) is 0.787. The molecule has 0 spiro atoms. The van der Waals surface area contributed by atoms with E-state index in [-0.39, 0.29) is 0 Å². The predicted molar refractivity (Wildman–Crippen MR) is 58.6 cm³/mol. The third-order valence-electron chi connectivity index (χ3n) is 2.00. The van der Waals surface area contributed by atoms with Crippen LogP contribution in [0.15, 0.2) is 6.20 Å². The van der Waals surface area contributed by atoms with Gasteiger partial charge in [-0.1, -0.05) is 6.92 Å². The second-order valence-electron chi connectivity index (χ2n) is 3.48. The van der Waals surface area contributed by atoms with Gasteiger partial charge in [-0.2, -0.15) is 13.2 Å². The van der Waals surface area contributed by atoms with Crippen LogP contribution >= 0.6 is 11.3 Å². The average molecular weight is 252 g/mol. The zero-order chi connectivity index (χ0) is 12.0. The Morgan fingerprint density at radius 2 is 2.12 bits per heavy atom. The highest BCUT2D eigenvalue weighted by molar-refractivity contribution is 7.11. The van der Waals surface area contributed by atoms with Crippen LogP contribution in [0.3, 0.4) is 0 Å². The second-order valence-corrected chi connectivity index (χ2v) is 4.60. The van der Waals surface area contributed by atoms with E-state index in [2.05, 4.69) is 17.2 Å². The van der Waals surface area contributed by atoms with E-state index in [9.17, 15) is 13.2 Å². The molecule has 0 bridgehead atoms. The summed E-state index contributed by atoms with van der Waals surface area (Å²) in [4.78, 5) is 4.08. The van der Waals surface area contributed by atoms with Crippen LogP contribution in [0.5, 0.6) is 0 Å². The van der Waals surface area contributed by atoms with E-state index in [1.165, 1.54) is 6.20 Å². The van der Waals surface area contributed by atoms with Crippen molar-refractivity contribution in [2.45, 2.75) is 32.4 Å². The number of halogens is 3. The van der Waals surface area contributed by atoms with Gasteiger partial charge in [0.25, 0.3) is 0 Å². The monoisotopic (exact) mass is 252 g/mol. The van der Waals surface area contributed by atoms with Gasteiger partial charge >= 0.3 is 6.18 Å². The van der Waals surface area contributed by atoms with Crippen LogP contribution in [0.1, 0.15) is 29.7 Å². The lowest BCUT2D eigenvalue weighted by Crippen LogP contribution is -2.16. The van der Waals surface area contributed by atoms with Crippen LogP contribution in [0.2, 0.25) is 0 Å². The van der Waals surface area contributed by atoms with Crippen molar-refractivity contribution in [3.05, 3.63) is 16.1 Å². The zero-order valence-electron chi connectivity index (χ0n) is 9.10. The first-order valence-corrected chi connectivity index (χ1v) is 6.08. The number of aromatic nitrogens is 1. The molecule has 16 heavy (non-hydrogen) atoms. The van der Waals surface area contributed by atoms with Gasteiger partial charge in [-0.25, -0.2) is 4.98 Å². The maximum Gasteiger partial charge on any atom is 0.443 e. The van der Waals surface area contributed by atoms with Gasteiger partial charge in [-0.05, 0) is 32.4 Å². The van der Waals surface area contributed by atoms with Crippen molar-refractivity contribution >= 4 is 11.3 Å². The molecule has 0 fully saturated rings. The van der Waals surface area contributed by atoms with Gasteiger partial charge in [0.1, 0.15) is 0 Å². The van der Waals surface area contributed by atoms with Gasteiger partial charge in [0, 0.05) is 11.1 Å². The molecule has 6 heteroatoms. The number of rotatable bonds is 6. The number of hydrogen-bond donors (Lipinski definition) is 1. The molecular formula is C10H15F3N2S. The fourth-order valence-corrected chi connectivity index (χ4v) is 2.06. The lowest BCUT2D eigenvalue weighted by molar-refractivity contribution is -0.137. The number of nitrogens with one attached hydrogen (secondary N) is 1. The fraction of sp³-hybridized carbons (Fsp3) is 0.700. The molecule has 1 aromatic heterocycles. The van der Waals surface area contributed by atoms with Crippen molar-refractivity contribution in [1.82, 2.24) is 10.3 Å². The van der Waals surface area contributed by atoms with Crippen LogP contribution in [0.4, 0.5) is 13.2 Å². The number of aryl methyl sites for hydroxylation is 1. The molecular weight excluding hydrogens is 237 g/mol. The molecule has 0 unspecified atom stereocenters. The Bertz CT molecular complexity index is 309. The SMILES string of the molecule is CCCNCCCc1cnc(C(F)(F)F)s1. The Balaban J connectivity index is 2.30. The topological polar surface area (TPSA) is 24.9 Å². The smallest absolute Gasteiger partial charge is 0.317 e. The first-order chi connectivity index (χ1) is 7.54. The summed E-state index contributed by atoms with van der Waals surface area (Å²) in [5.74, 6) is 0. The third kappa shape index (κ3) is 4.49. The largest absolute Gasteiger partial charge is 0.443 e. The standard InChI is InChI=1S/C10H15F3N2S/c1-2-5-14-6-3-4-8-7-15-9(16-8)10(11,12)13/h7,14H,2-6H2,1H3. The number of nitrogens with zero attached hydrogens (tertiary/aromatic N) is 1. The normalized spacial score (nSPS) is 12.0. The Morgan fingerprint density at radius 1 is 1.38 bits per heavy atom. The molecule has 0 radical (unpaired) electrons. The molecule has 2 nitrogen and oxygen atoms in total. The first kappa shape index (κ1) is 13.4. The maximum absolute atomic E-state index is 12.2. The van der Waals surface area contributed by atoms with Gasteiger partial charge < -0.3 is 5.32 Å². The summed E-state index contributed by atoms with van der Waals surface area (Å²) >= 11 is 0.740. The molecule has 0 aliphatic heterocycles. The van der Waals surface area contributed by atoms with Gasteiger partial charge in [0.2, 0.25) is 0 Å². The second kappa shape index (κ2) is 6.20. The number of hydrogen-bond acceptors (Lipinski definition) is 3. The van der Waals surface area contributed by atoms with Crippen LogP contribution in [-0.2, 0) is 12.6 Å². The molecule has 0 saturated carbocycles. The van der Waals surface area contributed by atoms with E-state index in [0.717, 1.165) is 37.3 Å². The van der Waals surface area contributed by atoms with Gasteiger partial charge in [0.05, 0.1) is 0 Å². The predicted octanol–water partition coefficient (Wildman–Crippen LogP) is 3.09. The highest BCUT2D eigenvalue weighted by Gasteiger charge is 2.34. The summed E-state index contributed by atoms with van der Waals surface area (Å²) in [5.41, 5.74) is 0. The molecule has 1 rings (SSSR count). The zero-order valence-corrected chi connectivity index (χ0v) is 9.92. The fourth-order valence-electron chi connectivity index (χ4n) is 1.24. The minimum absolute atomic E-state index is 0.657. The molecule has 0 aliphatic carbocycles. The van der Waals surface area contributed by atoms with Gasteiger partial charge in [-0.15, -0.1) is 11.3 Å². The Labute approximate surface area is 96.9 Å². The molecule has 0 aliphatic rings. The van der Waals surface area contributed by atoms with E-state index >= 15 is 0 Å². The van der Waals surface area contributed by atoms with Gasteiger partial charge in [0.15, 0.2) is 5.01 Å². The van der Waals surface area contributed by atoms with Crippen molar-refractivity contribution < 1.29 is 13.2 Å². The van der Waals surface area contributed by atoms with Crippen molar-refractivity contribution in [1.29, 1.82) is 0 Å². The average Bonchev–Trinajstić information content (AvgIpc) is 2.65. The van der Waals surface area contributed by atoms with Crippen molar-refractivity contribution in [2.24, 2.45) is 0 Å². The molecule has 1 aromatic rings. The Morgan fingerprint density at radius 3 is 2.69 bits per heavy atom. The highest BCUT2D eigenvalue weighted by atomic mass is 32.1. The van der Waals surface area contributed by atoms with E-state index in [0.29, 0.717) is 11.3 Å². The summed E-state index contributed by atoms with van der Waals surface area (Å²) in [6.07, 6.45) is -0.403. The minimum Gasteiger partial charge on any atom is -0.317 e. The molecule has 0 atom stereocenters. The number of thiazole rings is 1. The summed E-state index contributed by atoms with van der Waals surface area (Å²) in [6, 6.07) is 0. The summed E-state index contributed by atoms with van der Waals surface area (Å²) in [5, 5.41) is 2.46. The Kier molecular flexibility index (Phi) is 5.21. The lowest BCUT2D eigenvalue weighted by atomic mass is 10.3. The van der Waals surface area contributed by atoms with Gasteiger partial charge in [-0.3, -0.25) is 0 Å². The van der Waals surface area contributed by atoms with Crippen LogP contribution in [-0.4, -0.2) is 18.1 Å². The van der Waals surface area contributed by atoms with E-state index in [1.807, 2.05) is 0 Å². The van der Waals surface area contributed by atoms with Crippen molar-refractivity contribution in [3.8, 4) is 0 Å². The maximum atomic E-state index is 12.2. The van der Waals surface area contributed by atoms with Crippen molar-refractivity contribution in [3.63, 3.8) is 0 Å². The minimum atomic E-state index is -4.30. The van der Waals surface area contributed by atoms with Crippen LogP contribution in [0, 0.1) is 0 Å². The first-order valence-electron chi connectivity index (χ1n) is 5.26. The molecule has 0 amide bonds. The van der Waals surface area contributed by atoms with Crippen LogP contribution < -0.4 is 5.32 Å². The Hall–Kier alpha value is -0.620. The van der Waals surface area contributed by atoms with Crippen LogP contribution in [0.25, 0.3) is 0 Å².